The molecule has 2 saturated carbocycles. The van der Waals surface area contributed by atoms with Crippen molar-refractivity contribution in [1.82, 2.24) is 5.32 Å². The maximum Gasteiger partial charge on any atom is 0.248 e. The van der Waals surface area contributed by atoms with Gasteiger partial charge in [0.2, 0.25) is 5.92 Å². The van der Waals surface area contributed by atoms with Crippen LogP contribution in [0, 0.1) is 5.92 Å². The minimum atomic E-state index is -2.35. The Morgan fingerprint density at radius 2 is 1.82 bits per heavy atom. The Morgan fingerprint density at radius 1 is 1.27 bits per heavy atom. The lowest BCUT2D eigenvalue weighted by molar-refractivity contribution is -0.122. The van der Waals surface area contributed by atoms with Gasteiger partial charge in [0, 0.05) is 18.4 Å². The van der Waals surface area contributed by atoms with E-state index in [1.54, 1.807) is 0 Å². The van der Waals surface area contributed by atoms with Gasteiger partial charge in [-0.1, -0.05) is 0 Å². The van der Waals surface area contributed by atoms with Gasteiger partial charge >= 0.3 is 0 Å². The third-order valence-electron chi connectivity index (χ3n) is 3.16. The van der Waals surface area contributed by atoms with Crippen molar-refractivity contribution in [2.75, 3.05) is 7.05 Å². The molecular formula is C8H13F2N. The minimum absolute atomic E-state index is 0.105. The summed E-state index contributed by atoms with van der Waals surface area (Å²) in [4.78, 5) is 0. The fourth-order valence-electron chi connectivity index (χ4n) is 2.05. The van der Waals surface area contributed by atoms with Gasteiger partial charge in [0.05, 0.1) is 0 Å². The van der Waals surface area contributed by atoms with Gasteiger partial charge in [0.15, 0.2) is 0 Å². The predicted molar refractivity (Wildman–Crippen MR) is 38.7 cm³/mol. The standard InChI is InChI=1S/C8H13F2N/c1-11-7(2-3-7)6-4-8(9,10)5-6/h6,11H,2-5H2,1H3. The van der Waals surface area contributed by atoms with E-state index in [9.17, 15) is 8.78 Å². The minimum Gasteiger partial charge on any atom is -0.314 e. The zero-order chi connectivity index (χ0) is 8.11. The van der Waals surface area contributed by atoms with Gasteiger partial charge < -0.3 is 5.32 Å². The van der Waals surface area contributed by atoms with Crippen LogP contribution in [-0.4, -0.2) is 18.5 Å². The number of hydrogen-bond acceptors (Lipinski definition) is 1. The summed E-state index contributed by atoms with van der Waals surface area (Å²) in [5.41, 5.74) is 0.113. The molecule has 0 atom stereocenters. The lowest BCUT2D eigenvalue weighted by atomic mass is 9.75. The largest absolute Gasteiger partial charge is 0.314 e. The van der Waals surface area contributed by atoms with E-state index in [0.29, 0.717) is 0 Å². The Hall–Kier alpha value is -0.180. The van der Waals surface area contributed by atoms with Crippen molar-refractivity contribution in [3.63, 3.8) is 0 Å². The molecule has 0 unspecified atom stereocenters. The van der Waals surface area contributed by atoms with Crippen molar-refractivity contribution in [2.24, 2.45) is 5.92 Å². The van der Waals surface area contributed by atoms with Gasteiger partial charge in [-0.05, 0) is 25.8 Å². The van der Waals surface area contributed by atoms with Crippen molar-refractivity contribution in [3.05, 3.63) is 0 Å². The van der Waals surface area contributed by atoms with E-state index in [1.165, 1.54) is 0 Å². The van der Waals surface area contributed by atoms with E-state index in [0.717, 1.165) is 12.8 Å². The molecule has 2 rings (SSSR count). The first-order chi connectivity index (χ1) is 5.08. The summed E-state index contributed by atoms with van der Waals surface area (Å²) in [6.45, 7) is 0. The summed E-state index contributed by atoms with van der Waals surface area (Å²) in [6.07, 6.45) is 2.39. The Morgan fingerprint density at radius 3 is 2.09 bits per heavy atom. The van der Waals surface area contributed by atoms with Crippen LogP contribution in [0.4, 0.5) is 8.78 Å². The van der Waals surface area contributed by atoms with Gasteiger partial charge in [-0.3, -0.25) is 0 Å². The van der Waals surface area contributed by atoms with Crippen LogP contribution in [0.15, 0.2) is 0 Å². The number of hydrogen-bond donors (Lipinski definition) is 1. The molecule has 0 bridgehead atoms. The molecule has 0 amide bonds. The fourth-order valence-corrected chi connectivity index (χ4v) is 2.05. The van der Waals surface area contributed by atoms with Crippen LogP contribution < -0.4 is 5.32 Å². The van der Waals surface area contributed by atoms with E-state index in [2.05, 4.69) is 5.32 Å². The predicted octanol–water partition coefficient (Wildman–Crippen LogP) is 1.78. The SMILES string of the molecule is CNC1(C2CC(F)(F)C2)CC1. The Balaban J connectivity index is 1.91. The topological polar surface area (TPSA) is 12.0 Å². The van der Waals surface area contributed by atoms with Gasteiger partial charge in [-0.15, -0.1) is 0 Å². The van der Waals surface area contributed by atoms with Crippen LogP contribution in [0.3, 0.4) is 0 Å². The average molecular weight is 161 g/mol. The number of rotatable bonds is 2. The molecule has 3 heteroatoms. The molecule has 0 aliphatic heterocycles. The molecule has 0 saturated heterocycles. The molecule has 2 aliphatic rings. The van der Waals surface area contributed by atoms with Crippen LogP contribution >= 0.6 is 0 Å². The third-order valence-corrected chi connectivity index (χ3v) is 3.16. The fraction of sp³-hybridized carbons (Fsp3) is 1.00. The Bertz CT molecular complexity index is 167. The molecule has 64 valence electrons. The first-order valence-electron chi connectivity index (χ1n) is 4.15. The molecule has 2 aliphatic carbocycles. The highest BCUT2D eigenvalue weighted by Crippen LogP contribution is 2.56. The van der Waals surface area contributed by atoms with Crippen LogP contribution in [-0.2, 0) is 0 Å². The Kier molecular flexibility index (Phi) is 1.32. The molecule has 0 aromatic heterocycles. The van der Waals surface area contributed by atoms with Gasteiger partial charge in [0.1, 0.15) is 0 Å². The molecule has 1 nitrogen and oxygen atoms in total. The van der Waals surface area contributed by atoms with Crippen molar-refractivity contribution < 1.29 is 8.78 Å². The van der Waals surface area contributed by atoms with Crippen LogP contribution in [0.5, 0.6) is 0 Å². The highest BCUT2D eigenvalue weighted by molar-refractivity contribution is 5.11. The molecule has 0 aromatic carbocycles. The highest BCUT2D eigenvalue weighted by Gasteiger charge is 2.59. The van der Waals surface area contributed by atoms with E-state index < -0.39 is 5.92 Å². The Labute approximate surface area is 65.2 Å². The number of alkyl halides is 2. The van der Waals surface area contributed by atoms with Gasteiger partial charge in [-0.2, -0.15) is 0 Å². The van der Waals surface area contributed by atoms with Crippen molar-refractivity contribution in [3.8, 4) is 0 Å². The summed E-state index contributed by atoms with van der Waals surface area (Å²) in [5.74, 6) is -2.11. The number of halogens is 2. The average Bonchev–Trinajstić information content (AvgIpc) is 2.62. The maximum atomic E-state index is 12.5. The molecule has 0 aromatic rings. The van der Waals surface area contributed by atoms with E-state index >= 15 is 0 Å². The van der Waals surface area contributed by atoms with Crippen LogP contribution in [0.25, 0.3) is 0 Å². The quantitative estimate of drug-likeness (QED) is 0.651. The second-order valence-corrected chi connectivity index (χ2v) is 3.87. The first-order valence-corrected chi connectivity index (χ1v) is 4.15. The van der Waals surface area contributed by atoms with Gasteiger partial charge in [-0.25, -0.2) is 8.78 Å². The smallest absolute Gasteiger partial charge is 0.248 e. The van der Waals surface area contributed by atoms with E-state index in [1.807, 2.05) is 7.05 Å². The van der Waals surface area contributed by atoms with Crippen LogP contribution in [0.2, 0.25) is 0 Å². The van der Waals surface area contributed by atoms with Gasteiger partial charge in [0.25, 0.3) is 0 Å². The van der Waals surface area contributed by atoms with Crippen molar-refractivity contribution in [1.29, 1.82) is 0 Å². The number of nitrogens with one attached hydrogen (secondary N) is 1. The first kappa shape index (κ1) is 7.47. The van der Waals surface area contributed by atoms with Crippen molar-refractivity contribution in [2.45, 2.75) is 37.1 Å². The summed E-state index contributed by atoms with van der Waals surface area (Å²) < 4.78 is 24.9. The maximum absolute atomic E-state index is 12.5. The molecule has 0 heterocycles. The molecule has 0 spiro atoms. The summed E-state index contributed by atoms with van der Waals surface area (Å²) in [6, 6.07) is 0. The van der Waals surface area contributed by atoms with Crippen molar-refractivity contribution >= 4 is 0 Å². The summed E-state index contributed by atoms with van der Waals surface area (Å²) >= 11 is 0. The zero-order valence-corrected chi connectivity index (χ0v) is 6.66. The molecule has 0 radical (unpaired) electrons. The lowest BCUT2D eigenvalue weighted by Gasteiger charge is -2.40. The monoisotopic (exact) mass is 161 g/mol. The van der Waals surface area contributed by atoms with Crippen LogP contribution in [0.1, 0.15) is 25.7 Å². The summed E-state index contributed by atoms with van der Waals surface area (Å²) in [5, 5.41) is 3.16. The summed E-state index contributed by atoms with van der Waals surface area (Å²) in [7, 11) is 1.88. The van der Waals surface area contributed by atoms with E-state index in [4.69, 9.17) is 0 Å². The second kappa shape index (κ2) is 1.94. The molecule has 2 fully saturated rings. The highest BCUT2D eigenvalue weighted by atomic mass is 19.3. The third kappa shape index (κ3) is 1.06. The molecular weight excluding hydrogens is 148 g/mol. The molecule has 11 heavy (non-hydrogen) atoms. The van der Waals surface area contributed by atoms with E-state index in [-0.39, 0.29) is 24.3 Å². The zero-order valence-electron chi connectivity index (χ0n) is 6.66. The second-order valence-electron chi connectivity index (χ2n) is 3.87. The molecule has 1 N–H and O–H groups in total. The normalized spacial score (nSPS) is 33.0. The lowest BCUT2D eigenvalue weighted by Crippen LogP contribution is -2.48.